The maximum atomic E-state index is 5.43. The molecular weight excluding hydrogens is 200 g/mol. The van der Waals surface area contributed by atoms with Gasteiger partial charge in [0, 0.05) is 0 Å². The van der Waals surface area contributed by atoms with E-state index in [4.69, 9.17) is 5.73 Å². The second kappa shape index (κ2) is 5.23. The summed E-state index contributed by atoms with van der Waals surface area (Å²) < 4.78 is 1.80. The van der Waals surface area contributed by atoms with Gasteiger partial charge in [-0.2, -0.15) is 0 Å². The second-order valence-electron chi connectivity index (χ2n) is 3.39. The van der Waals surface area contributed by atoms with Gasteiger partial charge in [-0.15, -0.1) is 5.10 Å². The zero-order valence-corrected chi connectivity index (χ0v) is 8.95. The highest BCUT2D eigenvalue weighted by molar-refractivity contribution is 5.47. The van der Waals surface area contributed by atoms with Crippen molar-refractivity contribution in [2.24, 2.45) is 5.73 Å². The van der Waals surface area contributed by atoms with E-state index >= 15 is 0 Å². The Morgan fingerprint density at radius 2 is 2.06 bits per heavy atom. The highest BCUT2D eigenvalue weighted by atomic mass is 15.4. The van der Waals surface area contributed by atoms with Gasteiger partial charge in [-0.3, -0.25) is 0 Å². The first-order valence-corrected chi connectivity index (χ1v) is 5.24. The average molecular weight is 214 g/mol. The van der Waals surface area contributed by atoms with E-state index in [1.54, 1.807) is 10.9 Å². The smallest absolute Gasteiger partial charge is 0.0868 e. The second-order valence-corrected chi connectivity index (χ2v) is 3.39. The normalized spacial score (nSPS) is 11.1. The van der Waals surface area contributed by atoms with Crippen molar-refractivity contribution >= 4 is 6.08 Å². The van der Waals surface area contributed by atoms with Gasteiger partial charge in [-0.1, -0.05) is 29.5 Å². The minimum Gasteiger partial charge on any atom is -0.330 e. The summed E-state index contributed by atoms with van der Waals surface area (Å²) in [5.74, 6) is 0. The van der Waals surface area contributed by atoms with Crippen LogP contribution in [-0.2, 0) is 0 Å². The lowest BCUT2D eigenvalue weighted by Gasteiger charge is -2.01. The van der Waals surface area contributed by atoms with Gasteiger partial charge < -0.3 is 5.73 Å². The molecule has 0 atom stereocenters. The molecule has 4 heteroatoms. The lowest BCUT2D eigenvalue weighted by molar-refractivity contribution is 0.798. The minimum absolute atomic E-state index is 0.656. The van der Waals surface area contributed by atoms with Gasteiger partial charge >= 0.3 is 0 Å². The fraction of sp³-hybridized carbons (Fsp3) is 0.167. The Bertz CT molecular complexity index is 459. The third kappa shape index (κ3) is 2.35. The summed E-state index contributed by atoms with van der Waals surface area (Å²) >= 11 is 0. The van der Waals surface area contributed by atoms with Crippen molar-refractivity contribution in [2.45, 2.75) is 6.42 Å². The lowest BCUT2D eigenvalue weighted by atomic mass is 10.3. The van der Waals surface area contributed by atoms with Gasteiger partial charge in [-0.25, -0.2) is 4.68 Å². The van der Waals surface area contributed by atoms with Crippen LogP contribution in [0.4, 0.5) is 0 Å². The number of nitrogens with zero attached hydrogens (tertiary/aromatic N) is 3. The fourth-order valence-electron chi connectivity index (χ4n) is 1.43. The fourth-order valence-corrected chi connectivity index (χ4v) is 1.43. The van der Waals surface area contributed by atoms with Crippen molar-refractivity contribution in [2.75, 3.05) is 6.54 Å². The van der Waals surface area contributed by atoms with Crippen LogP contribution in [0.2, 0.25) is 0 Å². The molecule has 0 aliphatic heterocycles. The molecule has 2 aromatic rings. The Morgan fingerprint density at radius 3 is 2.81 bits per heavy atom. The molecule has 0 fully saturated rings. The summed E-state index contributed by atoms with van der Waals surface area (Å²) in [4.78, 5) is 0. The van der Waals surface area contributed by atoms with Crippen LogP contribution in [0.15, 0.2) is 42.6 Å². The number of nitrogens with two attached hydrogens (primary N) is 1. The topological polar surface area (TPSA) is 56.7 Å². The van der Waals surface area contributed by atoms with Crippen LogP contribution in [0.1, 0.15) is 12.1 Å². The molecule has 0 amide bonds. The number of aromatic nitrogens is 3. The van der Waals surface area contributed by atoms with Crippen LogP contribution in [-0.4, -0.2) is 21.5 Å². The molecule has 2 rings (SSSR count). The molecule has 0 unspecified atom stereocenters. The van der Waals surface area contributed by atoms with Gasteiger partial charge in [0.05, 0.1) is 17.6 Å². The van der Waals surface area contributed by atoms with E-state index in [2.05, 4.69) is 10.3 Å². The molecule has 2 N–H and O–H groups in total. The number of rotatable bonds is 4. The summed E-state index contributed by atoms with van der Waals surface area (Å²) in [6.45, 7) is 0.656. The first-order chi connectivity index (χ1) is 7.92. The van der Waals surface area contributed by atoms with E-state index in [1.807, 2.05) is 42.5 Å². The Kier molecular flexibility index (Phi) is 3.46. The maximum Gasteiger partial charge on any atom is 0.0868 e. The summed E-state index contributed by atoms with van der Waals surface area (Å²) in [6, 6.07) is 9.92. The van der Waals surface area contributed by atoms with Crippen LogP contribution in [0, 0.1) is 0 Å². The Hall–Kier alpha value is -1.94. The molecule has 16 heavy (non-hydrogen) atoms. The van der Waals surface area contributed by atoms with Crippen molar-refractivity contribution in [3.05, 3.63) is 48.3 Å². The van der Waals surface area contributed by atoms with Gasteiger partial charge in [0.25, 0.3) is 0 Å². The zero-order valence-electron chi connectivity index (χ0n) is 8.95. The molecular formula is C12H14N4. The molecule has 1 aromatic heterocycles. The van der Waals surface area contributed by atoms with Gasteiger partial charge in [0.1, 0.15) is 0 Å². The molecule has 1 heterocycles. The third-order valence-corrected chi connectivity index (χ3v) is 2.20. The monoisotopic (exact) mass is 214 g/mol. The molecule has 0 aliphatic carbocycles. The molecule has 1 aromatic carbocycles. The van der Waals surface area contributed by atoms with E-state index < -0.39 is 0 Å². The Balaban J connectivity index is 2.26. The molecule has 0 saturated heterocycles. The predicted octanol–water partition coefficient (Wildman–Crippen LogP) is 1.63. The summed E-state index contributed by atoms with van der Waals surface area (Å²) in [5.41, 5.74) is 7.39. The van der Waals surface area contributed by atoms with Crippen molar-refractivity contribution < 1.29 is 0 Å². The Labute approximate surface area is 94.4 Å². The van der Waals surface area contributed by atoms with E-state index in [0.29, 0.717) is 6.54 Å². The molecule has 4 nitrogen and oxygen atoms in total. The van der Waals surface area contributed by atoms with Gasteiger partial charge in [0.15, 0.2) is 0 Å². The highest BCUT2D eigenvalue weighted by Crippen LogP contribution is 2.09. The van der Waals surface area contributed by atoms with Crippen LogP contribution in [0.3, 0.4) is 0 Å². The number of hydrogen-bond acceptors (Lipinski definition) is 3. The third-order valence-electron chi connectivity index (χ3n) is 2.20. The largest absolute Gasteiger partial charge is 0.330 e. The molecule has 0 radical (unpaired) electrons. The standard InChI is InChI=1S/C12H14N4/c13-9-5-4-8-12-10-14-15-16(12)11-6-2-1-3-7-11/h1-4,6-8,10H,5,9,13H2/b8-4+. The van der Waals surface area contributed by atoms with Crippen LogP contribution >= 0.6 is 0 Å². The summed E-state index contributed by atoms with van der Waals surface area (Å²) in [7, 11) is 0. The van der Waals surface area contributed by atoms with Crippen LogP contribution in [0.25, 0.3) is 11.8 Å². The van der Waals surface area contributed by atoms with Crippen molar-refractivity contribution in [3.8, 4) is 5.69 Å². The van der Waals surface area contributed by atoms with Crippen molar-refractivity contribution in [3.63, 3.8) is 0 Å². The highest BCUT2D eigenvalue weighted by Gasteiger charge is 2.01. The lowest BCUT2D eigenvalue weighted by Crippen LogP contribution is -1.99. The zero-order chi connectivity index (χ0) is 11.2. The van der Waals surface area contributed by atoms with E-state index in [-0.39, 0.29) is 0 Å². The van der Waals surface area contributed by atoms with E-state index in [1.165, 1.54) is 0 Å². The van der Waals surface area contributed by atoms with Crippen molar-refractivity contribution in [1.82, 2.24) is 15.0 Å². The molecule has 0 spiro atoms. The first-order valence-electron chi connectivity index (χ1n) is 5.24. The quantitative estimate of drug-likeness (QED) is 0.841. The van der Waals surface area contributed by atoms with Crippen LogP contribution < -0.4 is 5.73 Å². The average Bonchev–Trinajstić information content (AvgIpc) is 2.79. The molecule has 0 aliphatic rings. The number of para-hydroxylation sites is 1. The van der Waals surface area contributed by atoms with Gasteiger partial charge in [-0.05, 0) is 31.2 Å². The summed E-state index contributed by atoms with van der Waals surface area (Å²) in [6.07, 6.45) is 6.61. The number of benzene rings is 1. The number of hydrogen-bond donors (Lipinski definition) is 1. The maximum absolute atomic E-state index is 5.43. The van der Waals surface area contributed by atoms with E-state index in [9.17, 15) is 0 Å². The molecule has 0 bridgehead atoms. The summed E-state index contributed by atoms with van der Waals surface area (Å²) in [5, 5.41) is 7.96. The Morgan fingerprint density at radius 1 is 1.25 bits per heavy atom. The minimum atomic E-state index is 0.656. The van der Waals surface area contributed by atoms with Crippen LogP contribution in [0.5, 0.6) is 0 Å². The molecule has 0 saturated carbocycles. The predicted molar refractivity (Wildman–Crippen MR) is 64.1 cm³/mol. The van der Waals surface area contributed by atoms with Crippen molar-refractivity contribution in [1.29, 1.82) is 0 Å². The van der Waals surface area contributed by atoms with E-state index in [0.717, 1.165) is 17.8 Å². The molecule has 82 valence electrons. The first kappa shape index (κ1) is 10.6. The SMILES string of the molecule is NCC/C=C/c1cnnn1-c1ccccc1. The van der Waals surface area contributed by atoms with Gasteiger partial charge in [0.2, 0.25) is 0 Å².